The molecule has 4 aliphatic rings. The molecule has 8 nitrogen and oxygen atoms in total. The standard InChI is InChI=1S/C18H35N7O/c1-11-8-20-6-7-25(11)18-22-10-14(16(19)26)17(24-18)23-13-4-5-15(21-9-13)12-2-3-12/h11-15,17-18,20-24H,2-10H2,1H3,(H2,19,26). The molecule has 1 aliphatic carbocycles. The zero-order valence-electron chi connectivity index (χ0n) is 15.8. The predicted molar refractivity (Wildman–Crippen MR) is 101 cm³/mol. The molecule has 0 aromatic rings. The number of amides is 1. The second-order valence-electron chi connectivity index (χ2n) is 8.55. The van der Waals surface area contributed by atoms with Crippen molar-refractivity contribution in [2.24, 2.45) is 17.6 Å². The van der Waals surface area contributed by atoms with Crippen LogP contribution in [0.5, 0.6) is 0 Å². The van der Waals surface area contributed by atoms with Gasteiger partial charge < -0.3 is 16.4 Å². The molecule has 1 amide bonds. The second-order valence-corrected chi connectivity index (χ2v) is 8.55. The summed E-state index contributed by atoms with van der Waals surface area (Å²) in [6.45, 7) is 6.82. The Morgan fingerprint density at radius 2 is 1.96 bits per heavy atom. The maximum absolute atomic E-state index is 12.0. The van der Waals surface area contributed by atoms with E-state index in [1.807, 2.05) is 0 Å². The van der Waals surface area contributed by atoms with E-state index in [1.165, 1.54) is 25.7 Å². The van der Waals surface area contributed by atoms with Crippen molar-refractivity contribution in [2.45, 2.75) is 63.2 Å². The number of hydrogen-bond acceptors (Lipinski definition) is 7. The minimum absolute atomic E-state index is 0.0786. The number of nitrogens with zero attached hydrogens (tertiary/aromatic N) is 1. The van der Waals surface area contributed by atoms with E-state index >= 15 is 0 Å². The van der Waals surface area contributed by atoms with Crippen molar-refractivity contribution in [3.8, 4) is 0 Å². The van der Waals surface area contributed by atoms with Crippen molar-refractivity contribution in [1.29, 1.82) is 0 Å². The number of nitrogens with two attached hydrogens (primary N) is 1. The first kappa shape index (κ1) is 18.6. The summed E-state index contributed by atoms with van der Waals surface area (Å²) in [5.41, 5.74) is 5.69. The van der Waals surface area contributed by atoms with Gasteiger partial charge in [0.25, 0.3) is 0 Å². The zero-order valence-corrected chi connectivity index (χ0v) is 15.8. The Morgan fingerprint density at radius 3 is 2.62 bits per heavy atom. The van der Waals surface area contributed by atoms with Gasteiger partial charge in [-0.25, -0.2) is 0 Å². The van der Waals surface area contributed by atoms with Gasteiger partial charge in [-0.05, 0) is 38.5 Å². The van der Waals surface area contributed by atoms with E-state index in [2.05, 4.69) is 38.4 Å². The Hall–Kier alpha value is -0.770. The molecule has 6 atom stereocenters. The lowest BCUT2D eigenvalue weighted by molar-refractivity contribution is -0.125. The third-order valence-electron chi connectivity index (χ3n) is 6.58. The minimum atomic E-state index is -0.242. The van der Waals surface area contributed by atoms with Crippen LogP contribution in [-0.4, -0.2) is 74.1 Å². The van der Waals surface area contributed by atoms with Gasteiger partial charge in [-0.1, -0.05) is 0 Å². The molecule has 1 saturated carbocycles. The van der Waals surface area contributed by atoms with Gasteiger partial charge in [0.15, 0.2) is 0 Å². The average molecular weight is 366 g/mol. The largest absolute Gasteiger partial charge is 0.369 e. The molecule has 148 valence electrons. The van der Waals surface area contributed by atoms with Crippen molar-refractivity contribution >= 4 is 5.91 Å². The molecule has 4 rings (SSSR count). The normalized spacial score (nSPS) is 42.5. The van der Waals surface area contributed by atoms with Crippen molar-refractivity contribution in [3.63, 3.8) is 0 Å². The SMILES string of the molecule is CC1CNCCN1C1NCC(C(N)=O)C(NC2CCC(C3CC3)NC2)N1. The lowest BCUT2D eigenvalue weighted by Crippen LogP contribution is -2.74. The third-order valence-corrected chi connectivity index (χ3v) is 6.58. The molecule has 0 spiro atoms. The van der Waals surface area contributed by atoms with Gasteiger partial charge in [-0.3, -0.25) is 25.6 Å². The fourth-order valence-corrected chi connectivity index (χ4v) is 4.76. The smallest absolute Gasteiger partial charge is 0.224 e. The molecule has 6 unspecified atom stereocenters. The molecule has 3 aliphatic heterocycles. The Bertz CT molecular complexity index is 492. The molecule has 3 saturated heterocycles. The first-order valence-electron chi connectivity index (χ1n) is 10.4. The number of nitrogens with one attached hydrogen (secondary N) is 5. The number of primary amides is 1. The highest BCUT2D eigenvalue weighted by atomic mass is 16.1. The highest BCUT2D eigenvalue weighted by molar-refractivity contribution is 5.77. The second kappa shape index (κ2) is 8.08. The molecule has 4 fully saturated rings. The van der Waals surface area contributed by atoms with Gasteiger partial charge in [0.05, 0.1) is 12.1 Å². The zero-order chi connectivity index (χ0) is 18.1. The van der Waals surface area contributed by atoms with Crippen molar-refractivity contribution in [1.82, 2.24) is 31.5 Å². The first-order valence-corrected chi connectivity index (χ1v) is 10.4. The maximum atomic E-state index is 12.0. The summed E-state index contributed by atoms with van der Waals surface area (Å²) in [5.74, 6) is 0.435. The number of piperazine rings is 1. The quantitative estimate of drug-likeness (QED) is 0.345. The van der Waals surface area contributed by atoms with Crippen LogP contribution in [0.2, 0.25) is 0 Å². The van der Waals surface area contributed by atoms with Crippen LogP contribution in [0.4, 0.5) is 0 Å². The summed E-state index contributed by atoms with van der Waals surface area (Å²) >= 11 is 0. The Labute approximate surface area is 156 Å². The number of piperidine rings is 1. The summed E-state index contributed by atoms with van der Waals surface area (Å²) < 4.78 is 0. The molecular formula is C18H35N7O. The van der Waals surface area contributed by atoms with Gasteiger partial charge >= 0.3 is 0 Å². The number of carbonyl (C=O) groups is 1. The lowest BCUT2D eigenvalue weighted by atomic mass is 9.95. The number of rotatable bonds is 5. The minimum Gasteiger partial charge on any atom is -0.369 e. The van der Waals surface area contributed by atoms with Crippen LogP contribution in [0.15, 0.2) is 0 Å². The third kappa shape index (κ3) is 4.21. The first-order chi connectivity index (χ1) is 12.6. The van der Waals surface area contributed by atoms with Crippen molar-refractivity contribution < 1.29 is 4.79 Å². The van der Waals surface area contributed by atoms with Gasteiger partial charge in [-0.15, -0.1) is 0 Å². The molecular weight excluding hydrogens is 330 g/mol. The Balaban J connectivity index is 1.35. The molecule has 0 aromatic heterocycles. The maximum Gasteiger partial charge on any atom is 0.224 e. The van der Waals surface area contributed by atoms with E-state index in [1.54, 1.807) is 0 Å². The summed E-state index contributed by atoms with van der Waals surface area (Å²) in [5, 5.41) is 17.9. The van der Waals surface area contributed by atoms with Gasteiger partial charge in [0.2, 0.25) is 5.91 Å². The van der Waals surface area contributed by atoms with Crippen molar-refractivity contribution in [3.05, 3.63) is 0 Å². The fourth-order valence-electron chi connectivity index (χ4n) is 4.76. The molecule has 0 bridgehead atoms. The number of carbonyl (C=O) groups excluding carboxylic acids is 1. The van der Waals surface area contributed by atoms with Gasteiger partial charge in [-0.2, -0.15) is 0 Å². The Kier molecular flexibility index (Phi) is 5.78. The van der Waals surface area contributed by atoms with Crippen LogP contribution in [0, 0.1) is 11.8 Å². The van der Waals surface area contributed by atoms with Crippen LogP contribution in [0.1, 0.15) is 32.6 Å². The predicted octanol–water partition coefficient (Wildman–Crippen LogP) is -1.70. The van der Waals surface area contributed by atoms with Crippen molar-refractivity contribution in [2.75, 3.05) is 32.7 Å². The van der Waals surface area contributed by atoms with E-state index in [9.17, 15) is 4.79 Å². The lowest BCUT2D eigenvalue weighted by Gasteiger charge is -2.47. The van der Waals surface area contributed by atoms with Crippen LogP contribution >= 0.6 is 0 Å². The fraction of sp³-hybridized carbons (Fsp3) is 0.944. The van der Waals surface area contributed by atoms with E-state index in [-0.39, 0.29) is 24.3 Å². The monoisotopic (exact) mass is 365 g/mol. The Morgan fingerprint density at radius 1 is 1.12 bits per heavy atom. The van der Waals surface area contributed by atoms with Gasteiger partial charge in [0.1, 0.15) is 6.29 Å². The summed E-state index contributed by atoms with van der Waals surface area (Å²) in [4.78, 5) is 14.4. The molecule has 8 heteroatoms. The summed E-state index contributed by atoms with van der Waals surface area (Å²) in [7, 11) is 0. The van der Waals surface area contributed by atoms with Crippen LogP contribution in [0.3, 0.4) is 0 Å². The summed E-state index contributed by atoms with van der Waals surface area (Å²) in [6.07, 6.45) is 5.17. The molecule has 26 heavy (non-hydrogen) atoms. The van der Waals surface area contributed by atoms with Crippen LogP contribution in [0.25, 0.3) is 0 Å². The number of hydrogen-bond donors (Lipinski definition) is 6. The highest BCUT2D eigenvalue weighted by Gasteiger charge is 2.39. The van der Waals surface area contributed by atoms with Crippen LogP contribution in [-0.2, 0) is 4.79 Å². The highest BCUT2D eigenvalue weighted by Crippen LogP contribution is 2.35. The van der Waals surface area contributed by atoms with E-state index in [0.29, 0.717) is 24.7 Å². The van der Waals surface area contributed by atoms with Crippen LogP contribution < -0.4 is 32.3 Å². The molecule has 0 aromatic carbocycles. The molecule has 0 radical (unpaired) electrons. The molecule has 3 heterocycles. The summed E-state index contributed by atoms with van der Waals surface area (Å²) in [6, 6.07) is 1.55. The van der Waals surface area contributed by atoms with E-state index in [4.69, 9.17) is 5.73 Å². The average Bonchev–Trinajstić information content (AvgIpc) is 3.48. The van der Waals surface area contributed by atoms with Gasteiger partial charge in [0, 0.05) is 50.8 Å². The topological polar surface area (TPSA) is 106 Å². The van der Waals surface area contributed by atoms with E-state index < -0.39 is 0 Å². The van der Waals surface area contributed by atoms with E-state index in [0.717, 1.165) is 32.1 Å². The molecule has 7 N–H and O–H groups in total.